The standard InChI is InChI=1S/C17H29NO/c1-5-7-15(8-6-2)17(18-3)13-14-9-11-16(19-4)12-10-14/h9-12,15,17-18H,5-8,13H2,1-4H3. The van der Waals surface area contributed by atoms with E-state index in [1.54, 1.807) is 7.11 Å². The lowest BCUT2D eigenvalue weighted by molar-refractivity contribution is 0.322. The van der Waals surface area contributed by atoms with Crippen LogP contribution in [-0.4, -0.2) is 20.2 Å². The van der Waals surface area contributed by atoms with Crippen LogP contribution in [0.15, 0.2) is 24.3 Å². The summed E-state index contributed by atoms with van der Waals surface area (Å²) in [7, 11) is 3.80. The zero-order valence-corrected chi connectivity index (χ0v) is 12.9. The van der Waals surface area contributed by atoms with Gasteiger partial charge in [-0.1, -0.05) is 38.8 Å². The fourth-order valence-corrected chi connectivity index (χ4v) is 2.81. The van der Waals surface area contributed by atoms with Crippen LogP contribution in [0.1, 0.15) is 45.1 Å². The third-order valence-electron chi connectivity index (χ3n) is 3.87. The van der Waals surface area contributed by atoms with E-state index in [1.165, 1.54) is 31.2 Å². The molecule has 1 rings (SSSR count). The van der Waals surface area contributed by atoms with E-state index in [0.717, 1.165) is 18.1 Å². The van der Waals surface area contributed by atoms with Gasteiger partial charge in [-0.25, -0.2) is 0 Å². The smallest absolute Gasteiger partial charge is 0.118 e. The molecule has 2 nitrogen and oxygen atoms in total. The Kier molecular flexibility index (Phi) is 7.57. The molecule has 1 aromatic rings. The molecule has 1 unspecified atom stereocenters. The molecule has 19 heavy (non-hydrogen) atoms. The molecular weight excluding hydrogens is 234 g/mol. The fourth-order valence-electron chi connectivity index (χ4n) is 2.81. The zero-order valence-electron chi connectivity index (χ0n) is 12.9. The van der Waals surface area contributed by atoms with Crippen molar-refractivity contribution >= 4 is 0 Å². The summed E-state index contributed by atoms with van der Waals surface area (Å²) in [5.74, 6) is 1.71. The van der Waals surface area contributed by atoms with Crippen LogP contribution in [-0.2, 0) is 6.42 Å². The Hall–Kier alpha value is -1.02. The molecule has 0 radical (unpaired) electrons. The molecule has 0 saturated heterocycles. The van der Waals surface area contributed by atoms with Crippen LogP contribution in [0.2, 0.25) is 0 Å². The SMILES string of the molecule is CCCC(CCC)C(Cc1ccc(OC)cc1)NC. The van der Waals surface area contributed by atoms with Gasteiger partial charge < -0.3 is 10.1 Å². The second kappa shape index (κ2) is 8.98. The van der Waals surface area contributed by atoms with Crippen LogP contribution >= 0.6 is 0 Å². The molecule has 108 valence electrons. The monoisotopic (exact) mass is 263 g/mol. The fraction of sp³-hybridized carbons (Fsp3) is 0.647. The van der Waals surface area contributed by atoms with Crippen LogP contribution < -0.4 is 10.1 Å². The molecule has 0 aliphatic carbocycles. The maximum atomic E-state index is 5.21. The molecule has 0 heterocycles. The number of likely N-dealkylation sites (N-methyl/N-ethyl adjacent to an activating group) is 1. The van der Waals surface area contributed by atoms with Gasteiger partial charge in [0, 0.05) is 6.04 Å². The minimum Gasteiger partial charge on any atom is -0.497 e. The van der Waals surface area contributed by atoms with Gasteiger partial charge in [0.1, 0.15) is 5.75 Å². The molecule has 0 amide bonds. The van der Waals surface area contributed by atoms with Gasteiger partial charge in [0.15, 0.2) is 0 Å². The summed E-state index contributed by atoms with van der Waals surface area (Å²) in [5, 5.41) is 3.52. The van der Waals surface area contributed by atoms with Crippen LogP contribution in [0, 0.1) is 5.92 Å². The van der Waals surface area contributed by atoms with Crippen molar-refractivity contribution in [2.45, 2.75) is 52.0 Å². The van der Waals surface area contributed by atoms with Crippen molar-refractivity contribution in [2.75, 3.05) is 14.2 Å². The van der Waals surface area contributed by atoms with E-state index in [-0.39, 0.29) is 0 Å². The van der Waals surface area contributed by atoms with Gasteiger partial charge in [-0.15, -0.1) is 0 Å². The van der Waals surface area contributed by atoms with E-state index in [2.05, 4.69) is 50.5 Å². The third-order valence-corrected chi connectivity index (χ3v) is 3.87. The van der Waals surface area contributed by atoms with Crippen molar-refractivity contribution in [1.29, 1.82) is 0 Å². The van der Waals surface area contributed by atoms with E-state index in [0.29, 0.717) is 6.04 Å². The van der Waals surface area contributed by atoms with E-state index >= 15 is 0 Å². The number of benzene rings is 1. The molecule has 1 aromatic carbocycles. The Morgan fingerprint density at radius 2 is 1.63 bits per heavy atom. The number of nitrogens with one attached hydrogen (secondary N) is 1. The average molecular weight is 263 g/mol. The summed E-state index contributed by atoms with van der Waals surface area (Å²) in [5.41, 5.74) is 1.39. The number of methoxy groups -OCH3 is 1. The minimum atomic E-state index is 0.577. The summed E-state index contributed by atoms with van der Waals surface area (Å²) >= 11 is 0. The highest BCUT2D eigenvalue weighted by Crippen LogP contribution is 2.21. The van der Waals surface area contributed by atoms with E-state index in [1.807, 2.05) is 0 Å². The van der Waals surface area contributed by atoms with Crippen molar-refractivity contribution < 1.29 is 4.74 Å². The molecule has 0 spiro atoms. The predicted octanol–water partition coefficient (Wildman–Crippen LogP) is 4.04. The lowest BCUT2D eigenvalue weighted by Crippen LogP contribution is -2.35. The highest BCUT2D eigenvalue weighted by Gasteiger charge is 2.18. The maximum absolute atomic E-state index is 5.21. The van der Waals surface area contributed by atoms with Crippen molar-refractivity contribution in [2.24, 2.45) is 5.92 Å². The molecule has 0 fully saturated rings. The van der Waals surface area contributed by atoms with Gasteiger partial charge >= 0.3 is 0 Å². The first kappa shape index (κ1) is 16.0. The highest BCUT2D eigenvalue weighted by atomic mass is 16.5. The van der Waals surface area contributed by atoms with Gasteiger partial charge in [-0.05, 0) is 49.9 Å². The van der Waals surface area contributed by atoms with Crippen LogP contribution in [0.4, 0.5) is 0 Å². The number of ether oxygens (including phenoxy) is 1. The van der Waals surface area contributed by atoms with Crippen LogP contribution in [0.3, 0.4) is 0 Å². The second-order valence-corrected chi connectivity index (χ2v) is 5.28. The lowest BCUT2D eigenvalue weighted by atomic mass is 9.87. The first-order valence-electron chi connectivity index (χ1n) is 7.55. The summed E-state index contributed by atoms with van der Waals surface area (Å²) in [4.78, 5) is 0. The molecule has 0 aliphatic rings. The lowest BCUT2D eigenvalue weighted by Gasteiger charge is -2.26. The normalized spacial score (nSPS) is 12.7. The molecule has 0 aliphatic heterocycles. The Morgan fingerprint density at radius 3 is 2.05 bits per heavy atom. The minimum absolute atomic E-state index is 0.577. The second-order valence-electron chi connectivity index (χ2n) is 5.28. The van der Waals surface area contributed by atoms with E-state index < -0.39 is 0 Å². The number of hydrogen-bond acceptors (Lipinski definition) is 2. The maximum Gasteiger partial charge on any atom is 0.118 e. The summed E-state index contributed by atoms with van der Waals surface area (Å²) in [6.45, 7) is 4.56. The summed E-state index contributed by atoms with van der Waals surface area (Å²) < 4.78 is 5.21. The molecule has 2 heteroatoms. The summed E-state index contributed by atoms with van der Waals surface area (Å²) in [6.07, 6.45) is 6.27. The van der Waals surface area contributed by atoms with Crippen molar-refractivity contribution in [3.63, 3.8) is 0 Å². The van der Waals surface area contributed by atoms with Gasteiger partial charge in [0.25, 0.3) is 0 Å². The van der Waals surface area contributed by atoms with Crippen molar-refractivity contribution in [3.8, 4) is 5.75 Å². The van der Waals surface area contributed by atoms with E-state index in [9.17, 15) is 0 Å². The van der Waals surface area contributed by atoms with Gasteiger partial charge in [0.2, 0.25) is 0 Å². The van der Waals surface area contributed by atoms with Crippen molar-refractivity contribution in [3.05, 3.63) is 29.8 Å². The molecule has 1 N–H and O–H groups in total. The number of hydrogen-bond donors (Lipinski definition) is 1. The van der Waals surface area contributed by atoms with Gasteiger partial charge in [-0.2, -0.15) is 0 Å². The Morgan fingerprint density at radius 1 is 1.05 bits per heavy atom. The highest BCUT2D eigenvalue weighted by molar-refractivity contribution is 5.27. The first-order valence-corrected chi connectivity index (χ1v) is 7.55. The van der Waals surface area contributed by atoms with Gasteiger partial charge in [0.05, 0.1) is 7.11 Å². The van der Waals surface area contributed by atoms with Gasteiger partial charge in [-0.3, -0.25) is 0 Å². The Bertz CT molecular complexity index is 328. The van der Waals surface area contributed by atoms with Crippen LogP contribution in [0.25, 0.3) is 0 Å². The largest absolute Gasteiger partial charge is 0.497 e. The Balaban J connectivity index is 2.67. The molecular formula is C17H29NO. The quantitative estimate of drug-likeness (QED) is 0.726. The zero-order chi connectivity index (χ0) is 14.1. The molecule has 0 saturated carbocycles. The molecule has 0 aromatic heterocycles. The summed E-state index contributed by atoms with van der Waals surface area (Å²) in [6, 6.07) is 9.04. The Labute approximate surface area is 118 Å². The number of rotatable bonds is 9. The topological polar surface area (TPSA) is 21.3 Å². The molecule has 1 atom stereocenters. The predicted molar refractivity (Wildman–Crippen MR) is 82.9 cm³/mol. The van der Waals surface area contributed by atoms with E-state index in [4.69, 9.17) is 4.74 Å². The first-order chi connectivity index (χ1) is 9.24. The average Bonchev–Trinajstić information content (AvgIpc) is 2.45. The van der Waals surface area contributed by atoms with Crippen molar-refractivity contribution in [1.82, 2.24) is 5.32 Å². The third kappa shape index (κ3) is 5.23. The van der Waals surface area contributed by atoms with Crippen LogP contribution in [0.5, 0.6) is 5.75 Å². The molecule has 0 bridgehead atoms.